The van der Waals surface area contributed by atoms with E-state index >= 15 is 0 Å². The highest BCUT2D eigenvalue weighted by molar-refractivity contribution is 7.88. The molecule has 0 radical (unpaired) electrons. The maximum Gasteiger partial charge on any atom is 0.534 e. The molecule has 1 amide bonds. The van der Waals surface area contributed by atoms with E-state index in [2.05, 4.69) is 9.34 Å². The molecular formula is C13H11F3N2O7S. The zero-order valence-electron chi connectivity index (χ0n) is 13.0. The van der Waals surface area contributed by atoms with Crippen molar-refractivity contribution in [1.82, 2.24) is 5.16 Å². The molecule has 26 heavy (non-hydrogen) atoms. The SMILES string of the molecule is COC[C@H]1CN(c2noc3cc(OS(=O)(=O)C(F)(F)F)ccc23)C(=O)O1. The summed E-state index contributed by atoms with van der Waals surface area (Å²) < 4.78 is 78.1. The van der Waals surface area contributed by atoms with Crippen molar-refractivity contribution in [2.45, 2.75) is 11.6 Å². The molecule has 3 rings (SSSR count). The van der Waals surface area contributed by atoms with Gasteiger partial charge < -0.3 is 18.2 Å². The molecule has 0 bridgehead atoms. The summed E-state index contributed by atoms with van der Waals surface area (Å²) in [6, 6.07) is 3.13. The average Bonchev–Trinajstić information content (AvgIpc) is 3.09. The molecule has 9 nitrogen and oxygen atoms in total. The first kappa shape index (κ1) is 18.3. The van der Waals surface area contributed by atoms with E-state index < -0.39 is 33.6 Å². The number of ether oxygens (including phenoxy) is 2. The summed E-state index contributed by atoms with van der Waals surface area (Å²) in [6.45, 7) is 0.306. The van der Waals surface area contributed by atoms with Crippen LogP contribution in [0.5, 0.6) is 5.75 Å². The van der Waals surface area contributed by atoms with Crippen molar-refractivity contribution < 1.29 is 44.6 Å². The summed E-state index contributed by atoms with van der Waals surface area (Å²) in [5.74, 6) is -0.535. The van der Waals surface area contributed by atoms with Crippen LogP contribution in [0.1, 0.15) is 0 Å². The van der Waals surface area contributed by atoms with E-state index in [4.69, 9.17) is 14.0 Å². The van der Waals surface area contributed by atoms with Crippen LogP contribution >= 0.6 is 0 Å². The van der Waals surface area contributed by atoms with E-state index in [0.29, 0.717) is 0 Å². The minimum absolute atomic E-state index is 0.0714. The number of carbonyl (C=O) groups excluding carboxylic acids is 1. The van der Waals surface area contributed by atoms with Gasteiger partial charge >= 0.3 is 21.7 Å². The fourth-order valence-electron chi connectivity index (χ4n) is 2.29. The lowest BCUT2D eigenvalue weighted by molar-refractivity contribution is -0.0500. The Morgan fingerprint density at radius 3 is 2.77 bits per heavy atom. The van der Waals surface area contributed by atoms with Crippen molar-refractivity contribution in [2.24, 2.45) is 0 Å². The van der Waals surface area contributed by atoms with Gasteiger partial charge in [-0.25, -0.2) is 4.79 Å². The predicted octanol–water partition coefficient (Wildman–Crippen LogP) is 2.03. The Hall–Kier alpha value is -2.54. The van der Waals surface area contributed by atoms with Crippen LogP contribution in [-0.2, 0) is 19.6 Å². The molecule has 0 aliphatic carbocycles. The van der Waals surface area contributed by atoms with Crippen molar-refractivity contribution in [3.63, 3.8) is 0 Å². The number of anilines is 1. The first-order valence-electron chi connectivity index (χ1n) is 6.99. The van der Waals surface area contributed by atoms with Gasteiger partial charge in [-0.1, -0.05) is 5.16 Å². The van der Waals surface area contributed by atoms with E-state index in [1.54, 1.807) is 0 Å². The second kappa shape index (κ2) is 6.32. The van der Waals surface area contributed by atoms with Gasteiger partial charge in [0.05, 0.1) is 18.5 Å². The van der Waals surface area contributed by atoms with Gasteiger partial charge in [-0.15, -0.1) is 0 Å². The zero-order chi connectivity index (χ0) is 19.1. The lowest BCUT2D eigenvalue weighted by Gasteiger charge is -2.10. The topological polar surface area (TPSA) is 108 Å². The lowest BCUT2D eigenvalue weighted by atomic mass is 10.2. The Morgan fingerprint density at radius 1 is 1.38 bits per heavy atom. The Balaban J connectivity index is 1.88. The molecule has 2 aromatic rings. The Bertz CT molecular complexity index is 941. The third-order valence-corrected chi connectivity index (χ3v) is 4.37. The predicted molar refractivity (Wildman–Crippen MR) is 79.1 cm³/mol. The van der Waals surface area contributed by atoms with Gasteiger partial charge in [0.1, 0.15) is 11.9 Å². The Labute approximate surface area is 144 Å². The summed E-state index contributed by atoms with van der Waals surface area (Å²) in [7, 11) is -4.37. The highest BCUT2D eigenvalue weighted by atomic mass is 32.2. The molecule has 2 heterocycles. The molecule has 13 heteroatoms. The molecule has 1 fully saturated rings. The summed E-state index contributed by atoms with van der Waals surface area (Å²) in [5, 5.41) is 3.95. The number of hydrogen-bond donors (Lipinski definition) is 0. The minimum Gasteiger partial charge on any atom is -0.441 e. The quantitative estimate of drug-likeness (QED) is 0.558. The molecule has 1 aromatic heterocycles. The molecule has 1 saturated heterocycles. The molecule has 1 aliphatic rings. The number of amides is 1. The molecule has 0 spiro atoms. The molecular weight excluding hydrogens is 385 g/mol. The summed E-state index contributed by atoms with van der Waals surface area (Å²) in [5.41, 5.74) is -5.64. The van der Waals surface area contributed by atoms with E-state index in [9.17, 15) is 26.4 Å². The normalized spacial score (nSPS) is 18.4. The largest absolute Gasteiger partial charge is 0.534 e. The minimum atomic E-state index is -5.81. The van der Waals surface area contributed by atoms with Crippen LogP contribution in [-0.4, -0.2) is 51.5 Å². The van der Waals surface area contributed by atoms with Gasteiger partial charge in [0, 0.05) is 13.2 Å². The lowest BCUT2D eigenvalue weighted by Crippen LogP contribution is -2.28. The first-order valence-corrected chi connectivity index (χ1v) is 8.40. The third kappa shape index (κ3) is 3.26. The fourth-order valence-corrected chi connectivity index (χ4v) is 2.74. The standard InChI is InChI=1S/C13H11F3N2O7S/c1-22-6-8-5-18(12(19)23-8)11-9-3-2-7(4-10(9)24-17-11)25-26(20,21)13(14,15)16/h2-4,8H,5-6H2,1H3/t8-/m1/s1. The van der Waals surface area contributed by atoms with Crippen molar-refractivity contribution in [3.8, 4) is 5.75 Å². The molecule has 0 unspecified atom stereocenters. The smallest absolute Gasteiger partial charge is 0.441 e. The average molecular weight is 396 g/mol. The van der Waals surface area contributed by atoms with Crippen LogP contribution in [0.25, 0.3) is 11.0 Å². The van der Waals surface area contributed by atoms with Crippen molar-refractivity contribution in [2.75, 3.05) is 25.2 Å². The second-order valence-corrected chi connectivity index (χ2v) is 6.76. The highest BCUT2D eigenvalue weighted by Gasteiger charge is 2.48. The number of fused-ring (bicyclic) bond motifs is 1. The number of rotatable bonds is 5. The Kier molecular flexibility index (Phi) is 4.44. The highest BCUT2D eigenvalue weighted by Crippen LogP contribution is 2.33. The number of alkyl halides is 3. The maximum atomic E-state index is 12.4. The number of carbonyl (C=O) groups is 1. The van der Waals surface area contributed by atoms with Crippen LogP contribution in [0.2, 0.25) is 0 Å². The fraction of sp³-hybridized carbons (Fsp3) is 0.385. The number of halogens is 3. The van der Waals surface area contributed by atoms with E-state index in [0.717, 1.165) is 12.1 Å². The summed E-state index contributed by atoms with van der Waals surface area (Å²) in [4.78, 5) is 13.1. The van der Waals surface area contributed by atoms with Crippen LogP contribution in [0, 0.1) is 0 Å². The number of benzene rings is 1. The van der Waals surface area contributed by atoms with Crippen molar-refractivity contribution >= 4 is 33.0 Å². The van der Waals surface area contributed by atoms with Gasteiger partial charge in [-0.2, -0.15) is 21.6 Å². The zero-order valence-corrected chi connectivity index (χ0v) is 13.8. The molecule has 0 N–H and O–H groups in total. The number of hydrogen-bond acceptors (Lipinski definition) is 8. The van der Waals surface area contributed by atoms with Gasteiger partial charge in [0.15, 0.2) is 11.4 Å². The number of methoxy groups -OCH3 is 1. The van der Waals surface area contributed by atoms with Gasteiger partial charge in [0.25, 0.3) is 0 Å². The van der Waals surface area contributed by atoms with Crippen LogP contribution in [0.4, 0.5) is 23.8 Å². The number of nitrogens with zero attached hydrogens (tertiary/aromatic N) is 2. The molecule has 1 aromatic carbocycles. The first-order chi connectivity index (χ1) is 12.1. The number of cyclic esters (lactones) is 1. The van der Waals surface area contributed by atoms with Gasteiger partial charge in [-0.05, 0) is 12.1 Å². The Morgan fingerprint density at radius 2 is 2.12 bits per heavy atom. The summed E-state index contributed by atoms with van der Waals surface area (Å²) in [6.07, 6.45) is -1.21. The van der Waals surface area contributed by atoms with Crippen LogP contribution in [0.3, 0.4) is 0 Å². The van der Waals surface area contributed by atoms with Gasteiger partial charge in [-0.3, -0.25) is 4.90 Å². The second-order valence-electron chi connectivity index (χ2n) is 5.22. The third-order valence-electron chi connectivity index (χ3n) is 3.40. The molecule has 142 valence electrons. The summed E-state index contributed by atoms with van der Waals surface area (Å²) >= 11 is 0. The van der Waals surface area contributed by atoms with E-state index in [1.807, 2.05) is 0 Å². The van der Waals surface area contributed by atoms with Crippen molar-refractivity contribution in [3.05, 3.63) is 18.2 Å². The van der Waals surface area contributed by atoms with Crippen molar-refractivity contribution in [1.29, 1.82) is 0 Å². The van der Waals surface area contributed by atoms with Crippen LogP contribution in [0.15, 0.2) is 22.7 Å². The monoisotopic (exact) mass is 396 g/mol. The molecule has 1 atom stereocenters. The van der Waals surface area contributed by atoms with Crippen LogP contribution < -0.4 is 9.08 Å². The van der Waals surface area contributed by atoms with E-state index in [-0.39, 0.29) is 29.9 Å². The van der Waals surface area contributed by atoms with E-state index in [1.165, 1.54) is 18.1 Å². The molecule has 0 saturated carbocycles. The molecule has 1 aliphatic heterocycles. The maximum absolute atomic E-state index is 12.4. The number of aromatic nitrogens is 1. The van der Waals surface area contributed by atoms with Gasteiger partial charge in [0.2, 0.25) is 0 Å².